The average molecular weight is 356 g/mol. The Morgan fingerprint density at radius 2 is 1.69 bits per heavy atom. The van der Waals surface area contributed by atoms with E-state index in [9.17, 15) is 9.18 Å². The van der Waals surface area contributed by atoms with Crippen molar-refractivity contribution in [1.82, 2.24) is 10.3 Å². The van der Waals surface area contributed by atoms with Crippen LogP contribution in [-0.4, -0.2) is 42.6 Å². The van der Waals surface area contributed by atoms with Gasteiger partial charge in [0.2, 0.25) is 0 Å². The SMILES string of the molecule is CC(C)(C)NC(=O)c1ccc(N2CCN(c3ccccc3F)CC2)nc1. The minimum atomic E-state index is -0.279. The van der Waals surface area contributed by atoms with Gasteiger partial charge in [-0.1, -0.05) is 12.1 Å². The quantitative estimate of drug-likeness (QED) is 0.918. The van der Waals surface area contributed by atoms with Gasteiger partial charge in [-0.15, -0.1) is 0 Å². The van der Waals surface area contributed by atoms with E-state index in [-0.39, 0.29) is 17.3 Å². The second-order valence-electron chi connectivity index (χ2n) is 7.53. The molecule has 1 aliphatic heterocycles. The second-order valence-corrected chi connectivity index (χ2v) is 7.53. The Balaban J connectivity index is 1.61. The number of hydrogen-bond acceptors (Lipinski definition) is 4. The summed E-state index contributed by atoms with van der Waals surface area (Å²) in [6.45, 7) is 8.82. The Hall–Kier alpha value is -2.63. The highest BCUT2D eigenvalue weighted by Crippen LogP contribution is 2.22. The van der Waals surface area contributed by atoms with E-state index in [0.717, 1.165) is 32.0 Å². The van der Waals surface area contributed by atoms with Gasteiger partial charge in [-0.3, -0.25) is 4.79 Å². The van der Waals surface area contributed by atoms with Gasteiger partial charge in [-0.05, 0) is 45.0 Å². The van der Waals surface area contributed by atoms with Crippen molar-refractivity contribution in [2.24, 2.45) is 0 Å². The molecule has 1 saturated heterocycles. The van der Waals surface area contributed by atoms with Crippen molar-refractivity contribution in [1.29, 1.82) is 0 Å². The number of rotatable bonds is 3. The molecule has 0 radical (unpaired) electrons. The topological polar surface area (TPSA) is 48.5 Å². The Morgan fingerprint density at radius 3 is 2.27 bits per heavy atom. The van der Waals surface area contributed by atoms with Crippen molar-refractivity contribution in [3.05, 3.63) is 54.0 Å². The first-order chi connectivity index (χ1) is 12.3. The molecule has 1 amide bonds. The molecule has 0 saturated carbocycles. The predicted molar refractivity (Wildman–Crippen MR) is 102 cm³/mol. The number of carbonyl (C=O) groups excluding carboxylic acids is 1. The Morgan fingerprint density at radius 1 is 1.04 bits per heavy atom. The molecule has 1 N–H and O–H groups in total. The van der Waals surface area contributed by atoms with E-state index in [1.807, 2.05) is 39.0 Å². The molecule has 2 aromatic rings. The second kappa shape index (κ2) is 7.32. The van der Waals surface area contributed by atoms with Gasteiger partial charge in [0.1, 0.15) is 11.6 Å². The first-order valence-electron chi connectivity index (χ1n) is 8.86. The molecule has 1 aromatic carbocycles. The summed E-state index contributed by atoms with van der Waals surface area (Å²) in [4.78, 5) is 20.8. The van der Waals surface area contributed by atoms with Crippen LogP contribution in [0.4, 0.5) is 15.9 Å². The summed E-state index contributed by atoms with van der Waals surface area (Å²) >= 11 is 0. The minimum absolute atomic E-state index is 0.124. The number of amides is 1. The summed E-state index contributed by atoms with van der Waals surface area (Å²) < 4.78 is 13.9. The summed E-state index contributed by atoms with van der Waals surface area (Å²) in [7, 11) is 0. The van der Waals surface area contributed by atoms with Crippen molar-refractivity contribution in [3.8, 4) is 0 Å². The number of para-hydroxylation sites is 1. The average Bonchev–Trinajstić information content (AvgIpc) is 2.61. The van der Waals surface area contributed by atoms with Crippen LogP contribution >= 0.6 is 0 Å². The zero-order chi connectivity index (χ0) is 18.7. The number of piperazine rings is 1. The monoisotopic (exact) mass is 356 g/mol. The summed E-state index contributed by atoms with van der Waals surface area (Å²) in [6, 6.07) is 10.5. The fourth-order valence-corrected chi connectivity index (χ4v) is 3.00. The molecule has 0 unspecified atom stereocenters. The fourth-order valence-electron chi connectivity index (χ4n) is 3.00. The van der Waals surface area contributed by atoms with E-state index >= 15 is 0 Å². The lowest BCUT2D eigenvalue weighted by molar-refractivity contribution is 0.0919. The van der Waals surface area contributed by atoms with Crippen molar-refractivity contribution in [2.45, 2.75) is 26.3 Å². The van der Waals surface area contributed by atoms with Crippen molar-refractivity contribution >= 4 is 17.4 Å². The smallest absolute Gasteiger partial charge is 0.253 e. The van der Waals surface area contributed by atoms with Crippen LogP contribution in [0.25, 0.3) is 0 Å². The van der Waals surface area contributed by atoms with Gasteiger partial charge in [0, 0.05) is 37.9 Å². The van der Waals surface area contributed by atoms with Gasteiger partial charge in [0.05, 0.1) is 11.3 Å². The molecule has 138 valence electrons. The van der Waals surface area contributed by atoms with Gasteiger partial charge < -0.3 is 15.1 Å². The van der Waals surface area contributed by atoms with Crippen molar-refractivity contribution < 1.29 is 9.18 Å². The highest BCUT2D eigenvalue weighted by Gasteiger charge is 2.21. The number of nitrogens with zero attached hydrogens (tertiary/aromatic N) is 3. The van der Waals surface area contributed by atoms with Crippen LogP contribution in [0.3, 0.4) is 0 Å². The van der Waals surface area contributed by atoms with E-state index in [4.69, 9.17) is 0 Å². The number of nitrogens with one attached hydrogen (secondary N) is 1. The van der Waals surface area contributed by atoms with Gasteiger partial charge in [-0.25, -0.2) is 9.37 Å². The zero-order valence-corrected chi connectivity index (χ0v) is 15.5. The highest BCUT2D eigenvalue weighted by atomic mass is 19.1. The Kier molecular flexibility index (Phi) is 5.11. The van der Waals surface area contributed by atoms with E-state index in [0.29, 0.717) is 11.3 Å². The van der Waals surface area contributed by atoms with Crippen molar-refractivity contribution in [2.75, 3.05) is 36.0 Å². The molecule has 26 heavy (non-hydrogen) atoms. The molecule has 5 nitrogen and oxygen atoms in total. The van der Waals surface area contributed by atoms with Crippen LogP contribution in [-0.2, 0) is 0 Å². The first-order valence-corrected chi connectivity index (χ1v) is 8.86. The Labute approximate surface area is 153 Å². The summed E-state index contributed by atoms with van der Waals surface area (Å²) in [5, 5.41) is 2.93. The van der Waals surface area contributed by atoms with Gasteiger partial charge >= 0.3 is 0 Å². The molecule has 1 fully saturated rings. The molecule has 0 aliphatic carbocycles. The van der Waals surface area contributed by atoms with E-state index in [1.165, 1.54) is 6.07 Å². The molecule has 0 bridgehead atoms. The molecular weight excluding hydrogens is 331 g/mol. The summed E-state index contributed by atoms with van der Waals surface area (Å²) in [6.07, 6.45) is 1.61. The molecule has 0 atom stereocenters. The maximum atomic E-state index is 13.9. The zero-order valence-electron chi connectivity index (χ0n) is 15.5. The van der Waals surface area contributed by atoms with Gasteiger partial charge in [0.25, 0.3) is 5.91 Å². The van der Waals surface area contributed by atoms with Crippen LogP contribution in [0.1, 0.15) is 31.1 Å². The molecule has 1 aromatic heterocycles. The molecule has 6 heteroatoms. The maximum absolute atomic E-state index is 13.9. The number of carbonyl (C=O) groups is 1. The number of pyridine rings is 1. The van der Waals surface area contributed by atoms with E-state index < -0.39 is 0 Å². The molecular formula is C20H25FN4O. The van der Waals surface area contributed by atoms with Crippen LogP contribution < -0.4 is 15.1 Å². The summed E-state index contributed by atoms with van der Waals surface area (Å²) in [5.74, 6) is 0.528. The number of anilines is 2. The molecule has 2 heterocycles. The first kappa shape index (κ1) is 18.2. The van der Waals surface area contributed by atoms with Crippen LogP contribution in [0, 0.1) is 5.82 Å². The van der Waals surface area contributed by atoms with Gasteiger partial charge in [0.15, 0.2) is 0 Å². The largest absolute Gasteiger partial charge is 0.366 e. The van der Waals surface area contributed by atoms with Crippen molar-refractivity contribution in [3.63, 3.8) is 0 Å². The fraction of sp³-hybridized carbons (Fsp3) is 0.400. The number of hydrogen-bond donors (Lipinski definition) is 1. The third-order valence-corrected chi connectivity index (χ3v) is 4.30. The number of halogens is 1. The van der Waals surface area contributed by atoms with Crippen LogP contribution in [0.2, 0.25) is 0 Å². The molecule has 1 aliphatic rings. The minimum Gasteiger partial charge on any atom is -0.366 e. The third kappa shape index (κ3) is 4.31. The molecule has 3 rings (SSSR count). The van der Waals surface area contributed by atoms with Gasteiger partial charge in [-0.2, -0.15) is 0 Å². The maximum Gasteiger partial charge on any atom is 0.253 e. The number of aromatic nitrogens is 1. The van der Waals surface area contributed by atoms with Crippen LogP contribution in [0.5, 0.6) is 0 Å². The van der Waals surface area contributed by atoms with Crippen LogP contribution in [0.15, 0.2) is 42.6 Å². The molecule has 0 spiro atoms. The van der Waals surface area contributed by atoms with E-state index in [1.54, 1.807) is 18.3 Å². The number of benzene rings is 1. The third-order valence-electron chi connectivity index (χ3n) is 4.30. The highest BCUT2D eigenvalue weighted by molar-refractivity contribution is 5.94. The lowest BCUT2D eigenvalue weighted by Crippen LogP contribution is -2.47. The predicted octanol–water partition coefficient (Wildman–Crippen LogP) is 3.08. The van der Waals surface area contributed by atoms with E-state index in [2.05, 4.69) is 20.1 Å². The standard InChI is InChI=1S/C20H25FN4O/c1-20(2,3)23-19(26)15-8-9-18(22-14-15)25-12-10-24(11-13-25)17-7-5-4-6-16(17)21/h4-9,14H,10-13H2,1-3H3,(H,23,26). The summed E-state index contributed by atoms with van der Waals surface area (Å²) in [5.41, 5.74) is 0.918. The normalized spacial score (nSPS) is 15.1. The Bertz CT molecular complexity index is 762. The lowest BCUT2D eigenvalue weighted by Gasteiger charge is -2.36. The lowest BCUT2D eigenvalue weighted by atomic mass is 10.1.